The number of halogens is 1. The van der Waals surface area contributed by atoms with Crippen LogP contribution in [0.25, 0.3) is 10.9 Å². The molecule has 0 bridgehead atoms. The molecule has 4 rings (SSSR count). The Labute approximate surface area is 191 Å². The van der Waals surface area contributed by atoms with Gasteiger partial charge in [-0.15, -0.1) is 0 Å². The fourth-order valence-corrected chi connectivity index (χ4v) is 5.12. The van der Waals surface area contributed by atoms with E-state index in [1.165, 1.54) is 12.5 Å². The summed E-state index contributed by atoms with van der Waals surface area (Å²) >= 11 is 0. The molecule has 1 heterocycles. The summed E-state index contributed by atoms with van der Waals surface area (Å²) in [7, 11) is 0. The molecule has 0 aliphatic heterocycles. The van der Waals surface area contributed by atoms with Gasteiger partial charge in [-0.2, -0.15) is 0 Å². The fraction of sp³-hybridized carbons (Fsp3) is 0.625. The minimum absolute atomic E-state index is 0.0863. The van der Waals surface area contributed by atoms with Gasteiger partial charge in [0.15, 0.2) is 5.60 Å². The average molecular weight is 462 g/mol. The molecule has 3 N–H and O–H groups in total. The van der Waals surface area contributed by atoms with Gasteiger partial charge in [-0.1, -0.05) is 32.1 Å². The van der Waals surface area contributed by atoms with Crippen LogP contribution in [0.15, 0.2) is 21.7 Å². The molecule has 2 aliphatic rings. The SMILES string of the molecule is CC(O)(CCn1c(=O)c2cc(F)c(NC3CCCCC3)cc2n(C2CCCC2)c1=O)C(=O)O. The number of nitrogens with zero attached hydrogens (tertiary/aromatic N) is 2. The van der Waals surface area contributed by atoms with Crippen LogP contribution in [-0.4, -0.2) is 37.0 Å². The molecule has 1 aromatic carbocycles. The van der Waals surface area contributed by atoms with Crippen molar-refractivity contribution in [2.75, 3.05) is 5.32 Å². The third-order valence-electron chi connectivity index (χ3n) is 7.20. The minimum atomic E-state index is -2.09. The third-order valence-corrected chi connectivity index (χ3v) is 7.20. The number of rotatable bonds is 7. The number of carboxylic acid groups (broad SMARTS) is 1. The van der Waals surface area contributed by atoms with E-state index < -0.39 is 28.6 Å². The predicted molar refractivity (Wildman–Crippen MR) is 123 cm³/mol. The number of aliphatic carboxylic acids is 1. The van der Waals surface area contributed by atoms with Gasteiger partial charge < -0.3 is 15.5 Å². The van der Waals surface area contributed by atoms with Crippen LogP contribution in [0.4, 0.5) is 10.1 Å². The molecule has 9 heteroatoms. The van der Waals surface area contributed by atoms with Crippen molar-refractivity contribution in [1.29, 1.82) is 0 Å². The number of fused-ring (bicyclic) bond motifs is 1. The van der Waals surface area contributed by atoms with Crippen LogP contribution >= 0.6 is 0 Å². The zero-order chi connectivity index (χ0) is 23.8. The van der Waals surface area contributed by atoms with E-state index in [9.17, 15) is 24.6 Å². The summed E-state index contributed by atoms with van der Waals surface area (Å²) in [5.41, 5.74) is -2.60. The molecule has 2 aromatic rings. The molecule has 1 aromatic heterocycles. The van der Waals surface area contributed by atoms with Gasteiger partial charge in [0.2, 0.25) is 0 Å². The van der Waals surface area contributed by atoms with E-state index in [0.717, 1.165) is 62.9 Å². The van der Waals surface area contributed by atoms with Crippen LogP contribution < -0.4 is 16.6 Å². The van der Waals surface area contributed by atoms with Crippen molar-refractivity contribution < 1.29 is 19.4 Å². The van der Waals surface area contributed by atoms with Crippen LogP contribution in [0, 0.1) is 5.82 Å². The monoisotopic (exact) mass is 461 g/mol. The van der Waals surface area contributed by atoms with E-state index in [1.807, 2.05) is 0 Å². The van der Waals surface area contributed by atoms with Crippen LogP contribution in [0.2, 0.25) is 0 Å². The van der Waals surface area contributed by atoms with Crippen molar-refractivity contribution in [2.45, 2.75) is 95.4 Å². The highest BCUT2D eigenvalue weighted by Gasteiger charge is 2.31. The van der Waals surface area contributed by atoms with Gasteiger partial charge in [0.25, 0.3) is 5.56 Å². The molecule has 8 nitrogen and oxygen atoms in total. The smallest absolute Gasteiger partial charge is 0.335 e. The van der Waals surface area contributed by atoms with Crippen LogP contribution in [0.5, 0.6) is 0 Å². The van der Waals surface area contributed by atoms with Gasteiger partial charge in [0.1, 0.15) is 5.82 Å². The van der Waals surface area contributed by atoms with Crippen molar-refractivity contribution in [2.24, 2.45) is 0 Å². The summed E-state index contributed by atoms with van der Waals surface area (Å²) in [6, 6.07) is 2.81. The number of benzene rings is 1. The number of nitrogens with one attached hydrogen (secondary N) is 1. The second-order valence-electron chi connectivity index (χ2n) is 9.71. The lowest BCUT2D eigenvalue weighted by Crippen LogP contribution is -2.44. The lowest BCUT2D eigenvalue weighted by atomic mass is 9.95. The number of carbonyl (C=O) groups is 1. The van der Waals surface area contributed by atoms with Gasteiger partial charge >= 0.3 is 11.7 Å². The van der Waals surface area contributed by atoms with Crippen molar-refractivity contribution >= 4 is 22.6 Å². The van der Waals surface area contributed by atoms with E-state index in [-0.39, 0.29) is 30.4 Å². The molecule has 33 heavy (non-hydrogen) atoms. The first-order valence-electron chi connectivity index (χ1n) is 11.9. The molecule has 0 radical (unpaired) electrons. The van der Waals surface area contributed by atoms with E-state index >= 15 is 4.39 Å². The van der Waals surface area contributed by atoms with Crippen LogP contribution in [0.1, 0.15) is 77.2 Å². The highest BCUT2D eigenvalue weighted by molar-refractivity contribution is 5.82. The molecular weight excluding hydrogens is 429 g/mol. The van der Waals surface area contributed by atoms with E-state index in [1.54, 1.807) is 10.6 Å². The van der Waals surface area contributed by atoms with Gasteiger partial charge in [-0.3, -0.25) is 13.9 Å². The lowest BCUT2D eigenvalue weighted by Gasteiger charge is -2.25. The Balaban J connectivity index is 1.82. The molecule has 0 saturated heterocycles. The Morgan fingerprint density at radius 2 is 1.76 bits per heavy atom. The largest absolute Gasteiger partial charge is 0.479 e. The Bertz CT molecular complexity index is 1160. The van der Waals surface area contributed by atoms with Gasteiger partial charge in [0, 0.05) is 25.0 Å². The third kappa shape index (κ3) is 4.69. The van der Waals surface area contributed by atoms with Crippen LogP contribution in [0.3, 0.4) is 0 Å². The first kappa shape index (κ1) is 23.5. The highest BCUT2D eigenvalue weighted by Crippen LogP contribution is 2.32. The number of aromatic nitrogens is 2. The topological polar surface area (TPSA) is 114 Å². The first-order chi connectivity index (χ1) is 15.7. The number of anilines is 1. The summed E-state index contributed by atoms with van der Waals surface area (Å²) in [6.07, 6.45) is 8.42. The second-order valence-corrected chi connectivity index (χ2v) is 9.71. The second kappa shape index (κ2) is 9.29. The maximum Gasteiger partial charge on any atom is 0.335 e. The first-order valence-corrected chi connectivity index (χ1v) is 11.9. The summed E-state index contributed by atoms with van der Waals surface area (Å²) in [6.45, 7) is 0.850. The number of hydrogen-bond donors (Lipinski definition) is 3. The zero-order valence-electron chi connectivity index (χ0n) is 19.0. The Hall–Kier alpha value is -2.68. The van der Waals surface area contributed by atoms with Gasteiger partial charge in [0.05, 0.1) is 16.6 Å². The number of carboxylic acids is 1. The lowest BCUT2D eigenvalue weighted by molar-refractivity contribution is -0.157. The van der Waals surface area contributed by atoms with E-state index in [0.29, 0.717) is 11.2 Å². The predicted octanol–water partition coefficient (Wildman–Crippen LogP) is 3.39. The maximum absolute atomic E-state index is 15.1. The molecule has 1 atom stereocenters. The van der Waals surface area contributed by atoms with Crippen molar-refractivity contribution in [1.82, 2.24) is 9.13 Å². The number of aliphatic hydroxyl groups is 1. The molecule has 2 aliphatic carbocycles. The molecule has 2 saturated carbocycles. The Morgan fingerprint density at radius 3 is 2.39 bits per heavy atom. The van der Waals surface area contributed by atoms with E-state index in [4.69, 9.17) is 0 Å². The standard InChI is InChI=1S/C24H32FN3O5/c1-24(33,22(30)31)11-12-27-21(29)17-13-18(25)19(26-15-7-3-2-4-8-15)14-20(17)28(23(27)32)16-9-5-6-10-16/h13-16,26,33H,2-12H2,1H3,(H,30,31). The normalized spacial score (nSPS) is 19.6. The molecule has 1 unspecified atom stereocenters. The van der Waals surface area contributed by atoms with Crippen molar-refractivity contribution in [3.63, 3.8) is 0 Å². The van der Waals surface area contributed by atoms with E-state index in [2.05, 4.69) is 5.32 Å². The molecular formula is C24H32FN3O5. The minimum Gasteiger partial charge on any atom is -0.479 e. The summed E-state index contributed by atoms with van der Waals surface area (Å²) in [5, 5.41) is 22.6. The summed E-state index contributed by atoms with van der Waals surface area (Å²) < 4.78 is 17.6. The molecule has 0 spiro atoms. The van der Waals surface area contributed by atoms with Crippen molar-refractivity contribution in [3.05, 3.63) is 38.8 Å². The zero-order valence-corrected chi connectivity index (χ0v) is 19.0. The molecule has 0 amide bonds. The summed E-state index contributed by atoms with van der Waals surface area (Å²) in [4.78, 5) is 37.9. The van der Waals surface area contributed by atoms with Crippen LogP contribution in [-0.2, 0) is 11.3 Å². The quantitative estimate of drug-likeness (QED) is 0.583. The van der Waals surface area contributed by atoms with Crippen molar-refractivity contribution in [3.8, 4) is 0 Å². The Kier molecular flexibility index (Phi) is 6.61. The summed E-state index contributed by atoms with van der Waals surface area (Å²) in [5.74, 6) is -1.98. The maximum atomic E-state index is 15.1. The Morgan fingerprint density at radius 1 is 1.12 bits per heavy atom. The van der Waals surface area contributed by atoms with Gasteiger partial charge in [-0.25, -0.2) is 14.0 Å². The molecule has 180 valence electrons. The highest BCUT2D eigenvalue weighted by atomic mass is 19.1. The average Bonchev–Trinajstić information content (AvgIpc) is 3.30. The fourth-order valence-electron chi connectivity index (χ4n) is 5.12. The van der Waals surface area contributed by atoms with Gasteiger partial charge in [-0.05, 0) is 44.7 Å². The molecule has 2 fully saturated rings. The number of hydrogen-bond acceptors (Lipinski definition) is 5.